The molecule has 2 aromatic rings. The first kappa shape index (κ1) is 21.4. The largest absolute Gasteiger partial charge is 0.497 e. The SMILES string of the molecule is COc1cccc(CNC(=O)C(F)C(=O)N[C@@H](Cc2ccccc2)B(O)O)c1. The van der Waals surface area contributed by atoms with Gasteiger partial charge in [-0.15, -0.1) is 0 Å². The molecule has 0 fully saturated rings. The fraction of sp³-hybridized carbons (Fsp3) is 0.263. The molecule has 9 heteroatoms. The molecule has 0 aromatic heterocycles. The number of carbonyl (C=O) groups is 2. The Hall–Kier alpha value is -2.91. The number of nitrogens with one attached hydrogen (secondary N) is 2. The molecule has 0 bridgehead atoms. The first-order valence-corrected chi connectivity index (χ1v) is 8.66. The van der Waals surface area contributed by atoms with E-state index in [0.717, 1.165) is 5.56 Å². The van der Waals surface area contributed by atoms with Crippen LogP contribution < -0.4 is 15.4 Å². The molecule has 2 aromatic carbocycles. The van der Waals surface area contributed by atoms with Gasteiger partial charge in [-0.2, -0.15) is 0 Å². The average molecular weight is 388 g/mol. The van der Waals surface area contributed by atoms with E-state index in [2.05, 4.69) is 10.6 Å². The van der Waals surface area contributed by atoms with Crippen molar-refractivity contribution in [3.8, 4) is 5.75 Å². The molecule has 0 aliphatic rings. The molecular weight excluding hydrogens is 366 g/mol. The summed E-state index contributed by atoms with van der Waals surface area (Å²) in [5, 5.41) is 23.4. The quantitative estimate of drug-likeness (QED) is 0.367. The van der Waals surface area contributed by atoms with Crippen LogP contribution >= 0.6 is 0 Å². The number of hydrogen-bond acceptors (Lipinski definition) is 5. The summed E-state index contributed by atoms with van der Waals surface area (Å²) in [6.45, 7) is 0.0137. The highest BCUT2D eigenvalue weighted by Gasteiger charge is 2.32. The fourth-order valence-electron chi connectivity index (χ4n) is 2.54. The highest BCUT2D eigenvalue weighted by Crippen LogP contribution is 2.12. The number of hydrogen-bond donors (Lipinski definition) is 4. The Kier molecular flexibility index (Phi) is 7.97. The molecule has 0 radical (unpaired) electrons. The van der Waals surface area contributed by atoms with E-state index in [1.807, 2.05) is 0 Å². The van der Waals surface area contributed by atoms with Crippen LogP contribution in [0.4, 0.5) is 4.39 Å². The van der Waals surface area contributed by atoms with Gasteiger partial charge >= 0.3 is 7.12 Å². The lowest BCUT2D eigenvalue weighted by Gasteiger charge is -2.19. The first-order valence-electron chi connectivity index (χ1n) is 8.66. The third-order valence-corrected chi connectivity index (χ3v) is 4.05. The summed E-state index contributed by atoms with van der Waals surface area (Å²) in [4.78, 5) is 23.9. The molecule has 0 saturated heterocycles. The predicted molar refractivity (Wildman–Crippen MR) is 102 cm³/mol. The van der Waals surface area contributed by atoms with E-state index in [9.17, 15) is 24.0 Å². The maximum absolute atomic E-state index is 14.2. The summed E-state index contributed by atoms with van der Waals surface area (Å²) in [6, 6.07) is 15.6. The highest BCUT2D eigenvalue weighted by atomic mass is 19.1. The summed E-state index contributed by atoms with van der Waals surface area (Å²) in [7, 11) is -0.405. The fourth-order valence-corrected chi connectivity index (χ4v) is 2.54. The molecule has 2 atom stereocenters. The minimum atomic E-state index is -2.48. The zero-order valence-electron chi connectivity index (χ0n) is 15.3. The van der Waals surface area contributed by atoms with Crippen LogP contribution in [0.15, 0.2) is 54.6 Å². The van der Waals surface area contributed by atoms with E-state index >= 15 is 0 Å². The van der Waals surface area contributed by atoms with E-state index in [0.29, 0.717) is 11.3 Å². The molecule has 0 spiro atoms. The van der Waals surface area contributed by atoms with Gasteiger partial charge in [0.15, 0.2) is 0 Å². The zero-order valence-corrected chi connectivity index (χ0v) is 15.3. The van der Waals surface area contributed by atoms with Crippen LogP contribution in [0.25, 0.3) is 0 Å². The van der Waals surface area contributed by atoms with Crippen molar-refractivity contribution >= 4 is 18.9 Å². The molecular formula is C19H22BFN2O5. The normalized spacial score (nSPS) is 12.6. The first-order chi connectivity index (χ1) is 13.4. The zero-order chi connectivity index (χ0) is 20.5. The standard InChI is InChI=1S/C19H22BFN2O5/c1-28-15-9-5-8-14(10-15)12-22-18(24)17(21)19(25)23-16(20(26)27)11-13-6-3-2-4-7-13/h2-10,16-17,26-27H,11-12H2,1H3,(H,22,24)(H,23,25)/t16-,17?/m0/s1. The molecule has 2 amide bonds. The third kappa shape index (κ3) is 6.36. The smallest absolute Gasteiger partial charge is 0.475 e. The number of methoxy groups -OCH3 is 1. The minimum Gasteiger partial charge on any atom is -0.497 e. The number of alkyl halides is 1. The van der Waals surface area contributed by atoms with Gasteiger partial charge in [0, 0.05) is 6.54 Å². The van der Waals surface area contributed by atoms with Crippen molar-refractivity contribution in [3.63, 3.8) is 0 Å². The molecule has 0 aliphatic heterocycles. The van der Waals surface area contributed by atoms with Gasteiger partial charge in [-0.3, -0.25) is 9.59 Å². The van der Waals surface area contributed by atoms with Crippen molar-refractivity contribution < 1.29 is 28.8 Å². The Bertz CT molecular complexity index is 791. The number of halogens is 1. The summed E-state index contributed by atoms with van der Waals surface area (Å²) in [6.07, 6.45) is -2.41. The van der Waals surface area contributed by atoms with Gasteiger partial charge in [0.05, 0.1) is 13.1 Å². The van der Waals surface area contributed by atoms with Crippen molar-refractivity contribution in [3.05, 3.63) is 65.7 Å². The lowest BCUT2D eigenvalue weighted by molar-refractivity contribution is -0.136. The van der Waals surface area contributed by atoms with Crippen LogP contribution in [-0.2, 0) is 22.6 Å². The molecule has 28 heavy (non-hydrogen) atoms. The summed E-state index contributed by atoms with van der Waals surface area (Å²) >= 11 is 0. The van der Waals surface area contributed by atoms with E-state index in [1.54, 1.807) is 54.6 Å². The number of benzene rings is 2. The second-order valence-corrected chi connectivity index (χ2v) is 6.15. The second-order valence-electron chi connectivity index (χ2n) is 6.15. The van der Waals surface area contributed by atoms with Crippen LogP contribution in [0.3, 0.4) is 0 Å². The predicted octanol–water partition coefficient (Wildman–Crippen LogP) is 0.389. The van der Waals surface area contributed by atoms with Gasteiger partial charge in [0.1, 0.15) is 5.75 Å². The van der Waals surface area contributed by atoms with Gasteiger partial charge in [-0.25, -0.2) is 4.39 Å². The average Bonchev–Trinajstić information content (AvgIpc) is 2.71. The van der Waals surface area contributed by atoms with Crippen molar-refractivity contribution in [2.24, 2.45) is 0 Å². The summed E-state index contributed by atoms with van der Waals surface area (Å²) in [5.41, 5.74) is 1.40. The topological polar surface area (TPSA) is 108 Å². The third-order valence-electron chi connectivity index (χ3n) is 4.05. The molecule has 0 heterocycles. The van der Waals surface area contributed by atoms with Gasteiger partial charge in [-0.05, 0) is 29.7 Å². The number of carbonyl (C=O) groups excluding carboxylic acids is 2. The van der Waals surface area contributed by atoms with Crippen LogP contribution in [-0.4, -0.2) is 48.2 Å². The van der Waals surface area contributed by atoms with Gasteiger partial charge in [-0.1, -0.05) is 42.5 Å². The maximum Gasteiger partial charge on any atom is 0.475 e. The monoisotopic (exact) mass is 388 g/mol. The number of ether oxygens (including phenoxy) is 1. The van der Waals surface area contributed by atoms with E-state index < -0.39 is 31.0 Å². The minimum absolute atomic E-state index is 0.0137. The highest BCUT2D eigenvalue weighted by molar-refractivity contribution is 6.43. The van der Waals surface area contributed by atoms with E-state index in [-0.39, 0.29) is 13.0 Å². The Morgan fingerprint density at radius 2 is 1.75 bits per heavy atom. The van der Waals surface area contributed by atoms with Crippen molar-refractivity contribution in [1.82, 2.24) is 10.6 Å². The molecule has 0 aliphatic carbocycles. The number of rotatable bonds is 9. The van der Waals surface area contributed by atoms with Crippen LogP contribution in [0.2, 0.25) is 0 Å². The van der Waals surface area contributed by atoms with Crippen LogP contribution in [0.5, 0.6) is 5.75 Å². The Labute approximate surface area is 162 Å². The molecule has 7 nitrogen and oxygen atoms in total. The molecule has 0 saturated carbocycles. The van der Waals surface area contributed by atoms with Gasteiger partial charge in [0.25, 0.3) is 18.0 Å². The van der Waals surface area contributed by atoms with E-state index in [1.165, 1.54) is 7.11 Å². The molecule has 1 unspecified atom stereocenters. The van der Waals surface area contributed by atoms with Gasteiger partial charge in [0.2, 0.25) is 0 Å². The second kappa shape index (κ2) is 10.4. The maximum atomic E-state index is 14.2. The lowest BCUT2D eigenvalue weighted by atomic mass is 9.76. The van der Waals surface area contributed by atoms with Crippen molar-refractivity contribution in [2.75, 3.05) is 7.11 Å². The van der Waals surface area contributed by atoms with Crippen LogP contribution in [0, 0.1) is 0 Å². The van der Waals surface area contributed by atoms with Crippen molar-refractivity contribution in [2.45, 2.75) is 25.1 Å². The van der Waals surface area contributed by atoms with Gasteiger partial charge < -0.3 is 25.4 Å². The Morgan fingerprint density at radius 3 is 2.39 bits per heavy atom. The molecule has 4 N–H and O–H groups in total. The molecule has 2 rings (SSSR count). The van der Waals surface area contributed by atoms with Crippen LogP contribution in [0.1, 0.15) is 11.1 Å². The Morgan fingerprint density at radius 1 is 1.07 bits per heavy atom. The van der Waals surface area contributed by atoms with Crippen molar-refractivity contribution in [1.29, 1.82) is 0 Å². The summed E-state index contributed by atoms with van der Waals surface area (Å²) < 4.78 is 19.3. The summed E-state index contributed by atoms with van der Waals surface area (Å²) in [5.74, 6) is -2.93. The van der Waals surface area contributed by atoms with E-state index in [4.69, 9.17) is 4.74 Å². The Balaban J connectivity index is 1.90. The number of amides is 2. The lowest BCUT2D eigenvalue weighted by Crippen LogP contribution is -2.52. The molecule has 148 valence electrons.